The van der Waals surface area contributed by atoms with Crippen LogP contribution in [0.5, 0.6) is 11.5 Å². The van der Waals surface area contributed by atoms with E-state index < -0.39 is 5.97 Å². The fraction of sp³-hybridized carbons (Fsp3) is 0.154. The average Bonchev–Trinajstić information content (AvgIpc) is 3.05. The number of ether oxygens (including phenoxy) is 3. The number of carbonyl (C=O) groups excluding carboxylic acids is 1. The Hall–Kier alpha value is -2.43. The molecule has 92 valence electrons. The van der Waals surface area contributed by atoms with E-state index >= 15 is 0 Å². The van der Waals surface area contributed by atoms with E-state index in [0.29, 0.717) is 11.5 Å². The van der Waals surface area contributed by atoms with Gasteiger partial charge in [0.15, 0.2) is 11.5 Å². The van der Waals surface area contributed by atoms with E-state index in [0.717, 1.165) is 5.56 Å². The summed E-state index contributed by atoms with van der Waals surface area (Å²) in [6.45, 7) is 0.390. The summed E-state index contributed by atoms with van der Waals surface area (Å²) < 4.78 is 20.5. The van der Waals surface area contributed by atoms with E-state index in [4.69, 9.17) is 18.6 Å². The predicted octanol–water partition coefficient (Wildman–Crippen LogP) is 2.37. The van der Waals surface area contributed by atoms with Crippen LogP contribution in [-0.2, 0) is 11.3 Å². The third-order valence-corrected chi connectivity index (χ3v) is 2.53. The molecule has 0 N–H and O–H groups in total. The first-order valence-electron chi connectivity index (χ1n) is 5.42. The van der Waals surface area contributed by atoms with Crippen LogP contribution in [0.1, 0.15) is 16.1 Å². The molecule has 5 heteroatoms. The number of hydrogen-bond donors (Lipinski definition) is 0. The Kier molecular flexibility index (Phi) is 2.64. The van der Waals surface area contributed by atoms with Crippen molar-refractivity contribution >= 4 is 5.97 Å². The van der Waals surface area contributed by atoms with E-state index in [9.17, 15) is 4.79 Å². The molecule has 0 saturated heterocycles. The maximum Gasteiger partial charge on any atom is 0.374 e. The summed E-state index contributed by atoms with van der Waals surface area (Å²) in [4.78, 5) is 11.5. The molecule has 1 aromatic heterocycles. The van der Waals surface area contributed by atoms with Gasteiger partial charge in [-0.25, -0.2) is 4.79 Å². The number of benzene rings is 1. The first-order valence-corrected chi connectivity index (χ1v) is 5.42. The Bertz CT molecular complexity index is 559. The van der Waals surface area contributed by atoms with Crippen molar-refractivity contribution in [2.24, 2.45) is 0 Å². The second-order valence-electron chi connectivity index (χ2n) is 3.74. The van der Waals surface area contributed by atoms with Gasteiger partial charge in [-0.2, -0.15) is 0 Å². The SMILES string of the molecule is O=C(OCc1ccc2c(c1)OCO2)c1ccco1. The van der Waals surface area contributed by atoms with Crippen LogP contribution in [0.15, 0.2) is 41.0 Å². The van der Waals surface area contributed by atoms with E-state index in [1.54, 1.807) is 24.3 Å². The van der Waals surface area contributed by atoms with Crippen molar-refractivity contribution in [2.75, 3.05) is 6.79 Å². The second kappa shape index (κ2) is 4.44. The highest BCUT2D eigenvalue weighted by Crippen LogP contribution is 2.32. The molecule has 1 aromatic carbocycles. The molecule has 0 radical (unpaired) electrons. The molecule has 0 fully saturated rings. The Balaban J connectivity index is 1.65. The lowest BCUT2D eigenvalue weighted by Gasteiger charge is -2.04. The highest BCUT2D eigenvalue weighted by molar-refractivity contribution is 5.86. The van der Waals surface area contributed by atoms with Crippen molar-refractivity contribution < 1.29 is 23.4 Å². The van der Waals surface area contributed by atoms with Crippen LogP contribution >= 0.6 is 0 Å². The maximum absolute atomic E-state index is 11.5. The van der Waals surface area contributed by atoms with Crippen LogP contribution in [0.4, 0.5) is 0 Å². The molecule has 0 spiro atoms. The Morgan fingerprint density at radius 3 is 2.94 bits per heavy atom. The van der Waals surface area contributed by atoms with Gasteiger partial charge in [-0.05, 0) is 29.8 Å². The van der Waals surface area contributed by atoms with Crippen LogP contribution in [-0.4, -0.2) is 12.8 Å². The summed E-state index contributed by atoms with van der Waals surface area (Å²) >= 11 is 0. The summed E-state index contributed by atoms with van der Waals surface area (Å²) in [7, 11) is 0. The molecule has 0 saturated carbocycles. The largest absolute Gasteiger partial charge is 0.457 e. The topological polar surface area (TPSA) is 57.9 Å². The third-order valence-electron chi connectivity index (χ3n) is 2.53. The van der Waals surface area contributed by atoms with Gasteiger partial charge in [0.05, 0.1) is 6.26 Å². The van der Waals surface area contributed by atoms with Crippen molar-refractivity contribution in [3.8, 4) is 11.5 Å². The molecular weight excluding hydrogens is 236 g/mol. The van der Waals surface area contributed by atoms with Crippen LogP contribution in [0.3, 0.4) is 0 Å². The van der Waals surface area contributed by atoms with Gasteiger partial charge in [-0.1, -0.05) is 6.07 Å². The number of rotatable bonds is 3. The summed E-state index contributed by atoms with van der Waals surface area (Å²) in [6, 6.07) is 8.60. The molecule has 0 amide bonds. The molecule has 2 aromatic rings. The summed E-state index contributed by atoms with van der Waals surface area (Å²) in [6.07, 6.45) is 1.43. The van der Waals surface area contributed by atoms with Gasteiger partial charge < -0.3 is 18.6 Å². The van der Waals surface area contributed by atoms with E-state index in [-0.39, 0.29) is 19.2 Å². The van der Waals surface area contributed by atoms with Gasteiger partial charge in [-0.3, -0.25) is 0 Å². The van der Waals surface area contributed by atoms with Gasteiger partial charge in [-0.15, -0.1) is 0 Å². The van der Waals surface area contributed by atoms with Crippen LogP contribution in [0, 0.1) is 0 Å². The van der Waals surface area contributed by atoms with E-state index in [1.807, 2.05) is 6.07 Å². The molecule has 1 aliphatic rings. The summed E-state index contributed by atoms with van der Waals surface area (Å²) in [5.74, 6) is 1.08. The van der Waals surface area contributed by atoms with Gasteiger partial charge in [0, 0.05) is 0 Å². The van der Waals surface area contributed by atoms with Crippen molar-refractivity contribution in [1.29, 1.82) is 0 Å². The molecule has 3 rings (SSSR count). The van der Waals surface area contributed by atoms with Crippen molar-refractivity contribution in [2.45, 2.75) is 6.61 Å². The zero-order valence-corrected chi connectivity index (χ0v) is 9.42. The van der Waals surface area contributed by atoms with E-state index in [1.165, 1.54) is 6.26 Å². The van der Waals surface area contributed by atoms with Crippen LogP contribution in [0.2, 0.25) is 0 Å². The second-order valence-corrected chi connectivity index (χ2v) is 3.74. The Morgan fingerprint density at radius 2 is 2.11 bits per heavy atom. The molecule has 18 heavy (non-hydrogen) atoms. The smallest absolute Gasteiger partial charge is 0.374 e. The van der Waals surface area contributed by atoms with Crippen LogP contribution < -0.4 is 9.47 Å². The van der Waals surface area contributed by atoms with Gasteiger partial charge in [0.1, 0.15) is 6.61 Å². The highest BCUT2D eigenvalue weighted by Gasteiger charge is 2.14. The fourth-order valence-electron chi connectivity index (χ4n) is 1.65. The van der Waals surface area contributed by atoms with Crippen LogP contribution in [0.25, 0.3) is 0 Å². The zero-order chi connectivity index (χ0) is 12.4. The van der Waals surface area contributed by atoms with Gasteiger partial charge in [0.25, 0.3) is 0 Å². The van der Waals surface area contributed by atoms with Crippen molar-refractivity contribution in [3.63, 3.8) is 0 Å². The molecule has 0 bridgehead atoms. The number of esters is 1. The lowest BCUT2D eigenvalue weighted by Crippen LogP contribution is -2.03. The number of fused-ring (bicyclic) bond motifs is 1. The zero-order valence-electron chi connectivity index (χ0n) is 9.42. The van der Waals surface area contributed by atoms with E-state index in [2.05, 4.69) is 0 Å². The molecule has 0 atom stereocenters. The van der Waals surface area contributed by atoms with Gasteiger partial charge in [0.2, 0.25) is 12.6 Å². The first kappa shape index (κ1) is 10.7. The summed E-state index contributed by atoms with van der Waals surface area (Å²) in [5.41, 5.74) is 0.833. The highest BCUT2D eigenvalue weighted by atomic mass is 16.7. The molecule has 1 aliphatic heterocycles. The minimum atomic E-state index is -0.488. The monoisotopic (exact) mass is 246 g/mol. The predicted molar refractivity (Wildman–Crippen MR) is 60.4 cm³/mol. The Labute approximate surface area is 103 Å². The third kappa shape index (κ3) is 2.02. The van der Waals surface area contributed by atoms with Crippen molar-refractivity contribution in [3.05, 3.63) is 47.9 Å². The Morgan fingerprint density at radius 1 is 1.22 bits per heavy atom. The standard InChI is InChI=1S/C13H10O5/c14-13(11-2-1-5-15-11)16-7-9-3-4-10-12(6-9)18-8-17-10/h1-6H,7-8H2. The normalized spacial score (nSPS) is 12.4. The average molecular weight is 246 g/mol. The molecule has 0 aliphatic carbocycles. The molecule has 0 unspecified atom stereocenters. The number of furan rings is 1. The maximum atomic E-state index is 11.5. The number of hydrogen-bond acceptors (Lipinski definition) is 5. The minimum absolute atomic E-state index is 0.163. The molecular formula is C13H10O5. The minimum Gasteiger partial charge on any atom is -0.457 e. The lowest BCUT2D eigenvalue weighted by atomic mass is 10.2. The number of carbonyl (C=O) groups is 1. The fourth-order valence-corrected chi connectivity index (χ4v) is 1.65. The molecule has 5 nitrogen and oxygen atoms in total. The van der Waals surface area contributed by atoms with Crippen molar-refractivity contribution in [1.82, 2.24) is 0 Å². The summed E-state index contributed by atoms with van der Waals surface area (Å²) in [5, 5.41) is 0. The molecule has 2 heterocycles. The lowest BCUT2D eigenvalue weighted by molar-refractivity contribution is 0.0436. The quantitative estimate of drug-likeness (QED) is 0.778. The first-order chi connectivity index (χ1) is 8.83. The van der Waals surface area contributed by atoms with Gasteiger partial charge >= 0.3 is 5.97 Å².